The molecule has 4 rings (SSSR count). The highest BCUT2D eigenvalue weighted by atomic mass is 16.7. The Balaban J connectivity index is -0.000000282. The van der Waals surface area contributed by atoms with E-state index in [2.05, 4.69) is 51.1 Å². The number of amides is 2. The summed E-state index contributed by atoms with van der Waals surface area (Å²) in [4.78, 5) is 133. The summed E-state index contributed by atoms with van der Waals surface area (Å²) in [6, 6.07) is 17.5. The molecule has 0 spiro atoms. The number of ether oxygens (including phenoxy) is 5. The lowest BCUT2D eigenvalue weighted by molar-refractivity contribution is -0.175. The first-order chi connectivity index (χ1) is 51.8. The zero-order chi connectivity index (χ0) is 87.4. The molecule has 2 aliphatic heterocycles. The van der Waals surface area contributed by atoms with Gasteiger partial charge in [0.1, 0.15) is 32.1 Å². The van der Waals surface area contributed by atoms with Crippen LogP contribution in [0.1, 0.15) is 223 Å². The van der Waals surface area contributed by atoms with E-state index in [1.165, 1.54) is 31.3 Å². The van der Waals surface area contributed by atoms with Gasteiger partial charge >= 0.3 is 42.0 Å². The zero-order valence-electron chi connectivity index (χ0n) is 73.1. The number of carboxylic acid groups (broad SMARTS) is 1. The summed E-state index contributed by atoms with van der Waals surface area (Å²) in [5.74, 6) is 0.925. The number of carboxylic acids is 1. The summed E-state index contributed by atoms with van der Waals surface area (Å²) in [6.45, 7) is 50.9. The van der Waals surface area contributed by atoms with Gasteiger partial charge in [-0.2, -0.15) is 4.79 Å². The van der Waals surface area contributed by atoms with Crippen LogP contribution in [0.2, 0.25) is 0 Å². The second-order valence-corrected chi connectivity index (χ2v) is 29.6. The molecule has 2 unspecified atom stereocenters. The molecule has 0 bridgehead atoms. The summed E-state index contributed by atoms with van der Waals surface area (Å²) >= 11 is 0. The number of benzene rings is 2. The first-order valence-corrected chi connectivity index (χ1v) is 39.2. The number of carbonyl (C=O) groups is 11. The van der Waals surface area contributed by atoms with Crippen LogP contribution in [0.4, 0.5) is 0 Å². The highest BCUT2D eigenvalue weighted by molar-refractivity contribution is 6.26. The van der Waals surface area contributed by atoms with Crippen molar-refractivity contribution in [1.82, 2.24) is 10.1 Å². The average molecular weight is 1580 g/mol. The number of nitrogens with zero attached hydrogens (tertiary/aromatic N) is 4. The Labute approximate surface area is 666 Å². The minimum absolute atomic E-state index is 0.0183. The molecule has 2 aromatic rings. The summed E-state index contributed by atoms with van der Waals surface area (Å²) in [6.07, 6.45) is 6.71. The topological polar surface area (TPSA) is 382 Å². The molecule has 0 aliphatic carbocycles. The van der Waals surface area contributed by atoms with Crippen LogP contribution in [0.25, 0.3) is 5.53 Å². The number of aldehydes is 1. The van der Waals surface area contributed by atoms with Crippen LogP contribution in [0.5, 0.6) is 0 Å². The smallest absolute Gasteiger partial charge is 0.323 e. The fourth-order valence-corrected chi connectivity index (χ4v) is 8.25. The van der Waals surface area contributed by atoms with E-state index in [0.717, 1.165) is 62.3 Å². The fraction of sp³-hybridized carbons (Fsp3) is 0.718. The number of esters is 5. The normalized spacial score (nSPS) is 18.1. The first-order valence-electron chi connectivity index (χ1n) is 39.2. The fourth-order valence-electron chi connectivity index (χ4n) is 8.25. The third-order valence-electron chi connectivity index (χ3n) is 20.8. The first kappa shape index (κ1) is 114. The van der Waals surface area contributed by atoms with E-state index in [-0.39, 0.29) is 115 Å². The van der Waals surface area contributed by atoms with Gasteiger partial charge in [0.25, 0.3) is 0 Å². The van der Waals surface area contributed by atoms with Crippen LogP contribution >= 0.6 is 0 Å². The van der Waals surface area contributed by atoms with Crippen LogP contribution in [-0.2, 0) is 99.3 Å². The zero-order valence-corrected chi connectivity index (χ0v) is 73.1. The van der Waals surface area contributed by atoms with Crippen molar-refractivity contribution in [3.05, 3.63) is 77.3 Å². The molecule has 0 aromatic heterocycles. The number of nitrogens with two attached hydrogens (primary N) is 1. The molecule has 18 atom stereocenters. The maximum absolute atomic E-state index is 11.8. The molecule has 111 heavy (non-hydrogen) atoms. The molecular weight excluding hydrogens is 1430 g/mol. The van der Waals surface area contributed by atoms with Crippen molar-refractivity contribution >= 4 is 71.7 Å². The third-order valence-corrected chi connectivity index (χ3v) is 20.8. The Kier molecular flexibility index (Phi) is 70.3. The van der Waals surface area contributed by atoms with E-state index >= 15 is 0 Å². The number of hydrogen-bond acceptors (Lipinski definition) is 21. The summed E-state index contributed by atoms with van der Waals surface area (Å²) < 4.78 is 24.4. The molecule has 0 saturated carbocycles. The summed E-state index contributed by atoms with van der Waals surface area (Å²) in [5, 5.41) is 28.3. The molecule has 2 heterocycles. The minimum Gasteiger partial charge on any atom is -0.481 e. The predicted octanol–water partition coefficient (Wildman–Crippen LogP) is 14.0. The van der Waals surface area contributed by atoms with Crippen molar-refractivity contribution in [2.45, 2.75) is 231 Å². The van der Waals surface area contributed by atoms with Crippen LogP contribution < -0.4 is 5.73 Å². The molecule has 0 radical (unpaired) electrons. The lowest BCUT2D eigenvalue weighted by Gasteiger charge is -2.23. The van der Waals surface area contributed by atoms with Gasteiger partial charge in [-0.25, -0.2) is 10.1 Å². The summed E-state index contributed by atoms with van der Waals surface area (Å²) in [7, 11) is 6.14. The maximum Gasteiger partial charge on any atom is 0.323 e. The van der Waals surface area contributed by atoms with Crippen molar-refractivity contribution < 1.29 is 106 Å². The largest absolute Gasteiger partial charge is 0.481 e. The third kappa shape index (κ3) is 55.6. The van der Waals surface area contributed by atoms with Crippen molar-refractivity contribution in [3.63, 3.8) is 0 Å². The Morgan fingerprint density at radius 2 is 0.964 bits per heavy atom. The number of hydroxylamine groups is 4. The number of rotatable bonds is 30. The number of Topliss-reactive ketones (excluding diaryl/α,β-unsaturated/α-hetero) is 2. The molecule has 2 aromatic carbocycles. The number of ketones is 2. The Bertz CT molecular complexity index is 2860. The molecule has 2 fully saturated rings. The number of aliphatic hydroxyl groups excluding tert-OH is 2. The lowest BCUT2D eigenvalue weighted by Crippen LogP contribution is -2.34. The monoisotopic (exact) mass is 1580 g/mol. The Morgan fingerprint density at radius 3 is 1.26 bits per heavy atom. The molecule has 2 saturated heterocycles. The number of carbonyl (C=O) groups excluding carboxylic acids is 10. The van der Waals surface area contributed by atoms with Gasteiger partial charge in [0.2, 0.25) is 17.6 Å². The van der Waals surface area contributed by atoms with Crippen molar-refractivity contribution in [1.29, 1.82) is 0 Å². The van der Waals surface area contributed by atoms with Crippen molar-refractivity contribution in [2.24, 2.45) is 112 Å². The van der Waals surface area contributed by atoms with Crippen LogP contribution in [-0.4, -0.2) is 169 Å². The molecule has 2 amide bonds. The predicted molar refractivity (Wildman–Crippen MR) is 433 cm³/mol. The quantitative estimate of drug-likeness (QED) is 0.00825. The van der Waals surface area contributed by atoms with Crippen molar-refractivity contribution in [2.75, 3.05) is 61.3 Å². The second kappa shape index (κ2) is 68.2. The van der Waals surface area contributed by atoms with E-state index < -0.39 is 35.9 Å². The van der Waals surface area contributed by atoms with E-state index in [4.69, 9.17) is 55.2 Å². The van der Waals surface area contributed by atoms with E-state index in [0.29, 0.717) is 67.2 Å². The van der Waals surface area contributed by atoms with E-state index in [1.54, 1.807) is 34.9 Å². The number of aliphatic hydroxyl groups is 2. The minimum atomic E-state index is -1.03. The van der Waals surface area contributed by atoms with Crippen LogP contribution in [0.3, 0.4) is 0 Å². The molecule has 2 aliphatic rings. The van der Waals surface area contributed by atoms with Crippen molar-refractivity contribution in [3.8, 4) is 0 Å². The SMILES string of the molecule is CC(C)[C@@H](C)CO.CC1C(=O)COC[C@@H]1C.CC[C@H](C)[C@H](C)C(=O)C=[N+]=[N-].CC[C@H](C)[C@H](C)C(=O)N(C)OC.CC[C@H](C)[C@H](C)C(=O)O.CC[C@H](C)[C@H](C)C(=O)OC(C)=O.CC[C@H](C)[C@H](C)C=O.CON(C)C(=O)[C@@H](C)[C@@H](C)CO.C[C@@H]1C(=O)OC[C@@H]1C.NC(CC(=O)OCc1ccccc1)C(=O)OCc1ccccc1. The molecule has 26 heteroatoms. The van der Waals surface area contributed by atoms with Crippen LogP contribution in [0, 0.1) is 107 Å². The van der Waals surface area contributed by atoms with Gasteiger partial charge in [0, 0.05) is 69.7 Å². The molecule has 5 N–H and O–H groups in total. The van der Waals surface area contributed by atoms with Gasteiger partial charge in [0.15, 0.2) is 5.78 Å². The Hall–Kier alpha value is -7.45. The van der Waals surface area contributed by atoms with Crippen LogP contribution in [0.15, 0.2) is 60.7 Å². The standard InChI is InChI=1S/C18H19NO4.C9H19NO2.C9H16O3.C8H14N2O.C8H17NO3.C7H12O2.C7H14O2.C7H14O.C6H10O2.C6H14O/c19-16(18(21)23-13-15-9-5-2-6-10-15)11-17(20)22-12-14-7-3-1-4-8-14;1-6-7(2)8(3)9(11)10(4)12-5;1-5-6(2)7(3)9(11)12-8(4)10;1-4-6(2)7(3)8(11)5-10-9;1-6(5-10)7(2)8(11)9(3)12-4;1-5-3-9-4-7(8)6(5)2;1-4-5(2)6(3)7(8)9;1-4-6(2)7(3)5-8;1-4-3-8-6(7)5(4)2;1-5(2)6(3)4-7/h1-10,16H,11-13,19H2;7-8H,6H2,1-5H3;6-7H,5H2,1-4H3;5-7H,4H2,1-3H3;6-7,10H,5H2,1-4H3;5-6H,3-4H2,1-2H3;5-6H,4H2,1-3H3,(H,8,9);5-7H,4H2,1-3H3;4-5H,3H2,1-2H3;5-7H,4H2,1-3H3/t;7-,8-;3*6-,7-;5-,6?;5-,6-;6-,7+;4-,5-;6-/m.000000000/s1. The number of hydrogen-bond donors (Lipinski definition) is 4. The van der Waals surface area contributed by atoms with Gasteiger partial charge in [0.05, 0.1) is 51.6 Å². The van der Waals surface area contributed by atoms with Gasteiger partial charge in [-0.3, -0.25) is 57.6 Å². The van der Waals surface area contributed by atoms with Gasteiger partial charge in [-0.05, 0) is 64.4 Å². The van der Waals surface area contributed by atoms with E-state index in [9.17, 15) is 52.7 Å². The molecular formula is C85H149N5O21. The van der Waals surface area contributed by atoms with Gasteiger partial charge < -0.3 is 55.1 Å². The summed E-state index contributed by atoms with van der Waals surface area (Å²) in [5.41, 5.74) is 15.5. The second-order valence-electron chi connectivity index (χ2n) is 29.6. The highest BCUT2D eigenvalue weighted by Crippen LogP contribution is 2.22. The number of cyclic esters (lactones) is 1. The average Bonchev–Trinajstić information content (AvgIpc) is 1.88. The molecule has 640 valence electrons. The number of aliphatic carboxylic acids is 1. The Morgan fingerprint density at radius 1 is 0.568 bits per heavy atom. The maximum atomic E-state index is 11.8. The van der Waals surface area contributed by atoms with Gasteiger partial charge in [-0.15, -0.1) is 0 Å². The van der Waals surface area contributed by atoms with Gasteiger partial charge in [-0.1, -0.05) is 259 Å². The van der Waals surface area contributed by atoms with E-state index in [1.807, 2.05) is 165 Å². The molecule has 26 nitrogen and oxygen atoms in total. The highest BCUT2D eigenvalue weighted by Gasteiger charge is 2.30. The lowest BCUT2D eigenvalue weighted by atomic mass is 9.90.